The number of aliphatic carboxylic acids is 1. The molecule has 0 aromatic heterocycles. The van der Waals surface area contributed by atoms with Crippen LogP contribution in [0.1, 0.15) is 24.0 Å². The number of aryl methyl sites for hydroxylation is 1. The van der Waals surface area contributed by atoms with E-state index in [2.05, 4.69) is 0 Å². The van der Waals surface area contributed by atoms with Crippen LogP contribution in [0.4, 0.5) is 0 Å². The van der Waals surface area contributed by atoms with Crippen molar-refractivity contribution >= 4 is 11.9 Å². The number of benzene rings is 1. The zero-order chi connectivity index (χ0) is 13.3. The summed E-state index contributed by atoms with van der Waals surface area (Å²) in [4.78, 5) is 24.3. The molecule has 96 valence electrons. The van der Waals surface area contributed by atoms with Gasteiger partial charge in [0.2, 0.25) is 5.91 Å². The summed E-state index contributed by atoms with van der Waals surface area (Å²) < 4.78 is 0. The molecule has 0 saturated carbocycles. The molecule has 1 N–H and O–H groups in total. The standard InChI is InChI=1S/C14H17NO3/c1-9-4-3-5-11(6-9)12-7-15(10(2)16)8-13(12)14(17)18/h3-6,12-13H,7-8H2,1-2H3,(H,17,18)/t12-,13+/m1/s1. The molecular weight excluding hydrogens is 230 g/mol. The minimum absolute atomic E-state index is 0.0589. The molecule has 1 aromatic carbocycles. The highest BCUT2D eigenvalue weighted by molar-refractivity contribution is 5.78. The number of carboxylic acids is 1. The largest absolute Gasteiger partial charge is 0.481 e. The van der Waals surface area contributed by atoms with E-state index < -0.39 is 11.9 Å². The lowest BCUT2D eigenvalue weighted by Gasteiger charge is -2.15. The number of rotatable bonds is 2. The summed E-state index contributed by atoms with van der Waals surface area (Å²) in [6.07, 6.45) is 0. The SMILES string of the molecule is CC(=O)N1C[C@H](C(=O)O)[C@@H](c2cccc(C)c2)C1. The van der Waals surface area contributed by atoms with Crippen LogP contribution in [0.5, 0.6) is 0 Å². The third-order valence-electron chi connectivity index (χ3n) is 3.55. The first kappa shape index (κ1) is 12.6. The van der Waals surface area contributed by atoms with Gasteiger partial charge >= 0.3 is 5.97 Å². The van der Waals surface area contributed by atoms with Crippen molar-refractivity contribution in [3.8, 4) is 0 Å². The first-order valence-corrected chi connectivity index (χ1v) is 6.04. The normalized spacial score (nSPS) is 23.1. The van der Waals surface area contributed by atoms with Gasteiger partial charge in [-0.1, -0.05) is 29.8 Å². The van der Waals surface area contributed by atoms with Crippen molar-refractivity contribution in [2.24, 2.45) is 5.92 Å². The molecule has 1 heterocycles. The Morgan fingerprint density at radius 1 is 1.33 bits per heavy atom. The molecule has 1 saturated heterocycles. The molecule has 0 bridgehead atoms. The third-order valence-corrected chi connectivity index (χ3v) is 3.55. The van der Waals surface area contributed by atoms with Gasteiger partial charge in [0.1, 0.15) is 0 Å². The zero-order valence-corrected chi connectivity index (χ0v) is 10.6. The fourth-order valence-electron chi connectivity index (χ4n) is 2.55. The molecule has 0 radical (unpaired) electrons. The van der Waals surface area contributed by atoms with E-state index in [0.29, 0.717) is 13.1 Å². The summed E-state index contributed by atoms with van der Waals surface area (Å²) in [7, 11) is 0. The van der Waals surface area contributed by atoms with Crippen molar-refractivity contribution in [3.05, 3.63) is 35.4 Å². The number of likely N-dealkylation sites (tertiary alicyclic amines) is 1. The maximum absolute atomic E-state index is 11.4. The lowest BCUT2D eigenvalue weighted by molar-refractivity contribution is -0.141. The fraction of sp³-hybridized carbons (Fsp3) is 0.429. The lowest BCUT2D eigenvalue weighted by atomic mass is 9.88. The van der Waals surface area contributed by atoms with E-state index >= 15 is 0 Å². The third kappa shape index (κ3) is 2.37. The van der Waals surface area contributed by atoms with E-state index in [1.54, 1.807) is 4.90 Å². The molecule has 1 fully saturated rings. The van der Waals surface area contributed by atoms with Gasteiger partial charge in [0.25, 0.3) is 0 Å². The second-order valence-corrected chi connectivity index (χ2v) is 4.89. The average molecular weight is 247 g/mol. The monoisotopic (exact) mass is 247 g/mol. The molecule has 1 aliphatic heterocycles. The fourth-order valence-corrected chi connectivity index (χ4v) is 2.55. The smallest absolute Gasteiger partial charge is 0.308 e. The topological polar surface area (TPSA) is 57.6 Å². The van der Waals surface area contributed by atoms with Gasteiger partial charge in [-0.2, -0.15) is 0 Å². The molecule has 0 aliphatic carbocycles. The molecular formula is C14H17NO3. The molecule has 2 atom stereocenters. The molecule has 18 heavy (non-hydrogen) atoms. The average Bonchev–Trinajstić information content (AvgIpc) is 2.73. The van der Waals surface area contributed by atoms with Crippen LogP contribution < -0.4 is 0 Å². The molecule has 1 amide bonds. The molecule has 4 nitrogen and oxygen atoms in total. The van der Waals surface area contributed by atoms with Crippen molar-refractivity contribution in [3.63, 3.8) is 0 Å². The Labute approximate surface area is 106 Å². The quantitative estimate of drug-likeness (QED) is 0.864. The Hall–Kier alpha value is -1.84. The summed E-state index contributed by atoms with van der Waals surface area (Å²) in [6.45, 7) is 4.27. The second kappa shape index (κ2) is 4.80. The Balaban J connectivity index is 2.30. The number of hydrogen-bond donors (Lipinski definition) is 1. The van der Waals surface area contributed by atoms with Gasteiger partial charge in [-0.25, -0.2) is 0 Å². The Kier molecular flexibility index (Phi) is 3.36. The van der Waals surface area contributed by atoms with Crippen LogP contribution in [0, 0.1) is 12.8 Å². The minimum Gasteiger partial charge on any atom is -0.481 e. The van der Waals surface area contributed by atoms with Crippen LogP contribution in [-0.4, -0.2) is 35.0 Å². The van der Waals surface area contributed by atoms with E-state index in [0.717, 1.165) is 11.1 Å². The van der Waals surface area contributed by atoms with E-state index in [1.807, 2.05) is 31.2 Å². The van der Waals surface area contributed by atoms with Gasteiger partial charge in [0.05, 0.1) is 5.92 Å². The van der Waals surface area contributed by atoms with Crippen LogP contribution in [0.15, 0.2) is 24.3 Å². The molecule has 2 rings (SSSR count). The van der Waals surface area contributed by atoms with Gasteiger partial charge in [0, 0.05) is 25.9 Å². The van der Waals surface area contributed by atoms with Gasteiger partial charge in [-0.05, 0) is 12.5 Å². The van der Waals surface area contributed by atoms with Crippen LogP contribution in [0.25, 0.3) is 0 Å². The highest BCUT2D eigenvalue weighted by atomic mass is 16.4. The summed E-state index contributed by atoms with van der Waals surface area (Å²) in [5.41, 5.74) is 2.11. The van der Waals surface area contributed by atoms with Crippen LogP contribution in [0.2, 0.25) is 0 Å². The first-order valence-electron chi connectivity index (χ1n) is 6.04. The Morgan fingerprint density at radius 2 is 2.06 bits per heavy atom. The van der Waals surface area contributed by atoms with Crippen molar-refractivity contribution in [2.45, 2.75) is 19.8 Å². The number of hydrogen-bond acceptors (Lipinski definition) is 2. The number of carbonyl (C=O) groups excluding carboxylic acids is 1. The predicted octanol–water partition coefficient (Wildman–Crippen LogP) is 1.64. The number of carbonyl (C=O) groups is 2. The number of carboxylic acid groups (broad SMARTS) is 1. The highest BCUT2D eigenvalue weighted by Gasteiger charge is 2.39. The van der Waals surface area contributed by atoms with E-state index in [4.69, 9.17) is 0 Å². The van der Waals surface area contributed by atoms with Crippen LogP contribution in [0.3, 0.4) is 0 Å². The Morgan fingerprint density at radius 3 is 2.61 bits per heavy atom. The van der Waals surface area contributed by atoms with Crippen molar-refractivity contribution in [2.75, 3.05) is 13.1 Å². The number of nitrogens with zero attached hydrogens (tertiary/aromatic N) is 1. The molecule has 4 heteroatoms. The summed E-state index contributed by atoms with van der Waals surface area (Å²) in [5, 5.41) is 9.28. The lowest BCUT2D eigenvalue weighted by Crippen LogP contribution is -2.27. The predicted molar refractivity (Wildman–Crippen MR) is 67.3 cm³/mol. The van der Waals surface area contributed by atoms with Gasteiger partial charge in [-0.15, -0.1) is 0 Å². The highest BCUT2D eigenvalue weighted by Crippen LogP contribution is 2.33. The van der Waals surface area contributed by atoms with Crippen LogP contribution in [-0.2, 0) is 9.59 Å². The summed E-state index contributed by atoms with van der Waals surface area (Å²) in [6, 6.07) is 7.86. The van der Waals surface area contributed by atoms with E-state index in [1.165, 1.54) is 6.92 Å². The molecule has 0 unspecified atom stereocenters. The summed E-state index contributed by atoms with van der Waals surface area (Å²) >= 11 is 0. The van der Waals surface area contributed by atoms with E-state index in [-0.39, 0.29) is 11.8 Å². The van der Waals surface area contributed by atoms with Crippen LogP contribution >= 0.6 is 0 Å². The number of amides is 1. The van der Waals surface area contributed by atoms with E-state index in [9.17, 15) is 14.7 Å². The molecule has 1 aliphatic rings. The minimum atomic E-state index is -0.828. The zero-order valence-electron chi connectivity index (χ0n) is 10.6. The second-order valence-electron chi connectivity index (χ2n) is 4.89. The molecule has 1 aromatic rings. The first-order chi connectivity index (χ1) is 8.49. The van der Waals surface area contributed by atoms with Gasteiger partial charge < -0.3 is 10.0 Å². The van der Waals surface area contributed by atoms with Gasteiger partial charge in [-0.3, -0.25) is 9.59 Å². The van der Waals surface area contributed by atoms with Crippen molar-refractivity contribution in [1.82, 2.24) is 4.90 Å². The Bertz CT molecular complexity index is 484. The summed E-state index contributed by atoms with van der Waals surface area (Å²) in [5.74, 6) is -1.50. The van der Waals surface area contributed by atoms with Crippen molar-refractivity contribution < 1.29 is 14.7 Å². The van der Waals surface area contributed by atoms with Gasteiger partial charge in [0.15, 0.2) is 0 Å². The van der Waals surface area contributed by atoms with Crippen molar-refractivity contribution in [1.29, 1.82) is 0 Å². The maximum Gasteiger partial charge on any atom is 0.308 e. The molecule has 0 spiro atoms. The maximum atomic E-state index is 11.4.